The van der Waals surface area contributed by atoms with E-state index in [4.69, 9.17) is 5.73 Å². The molecular formula is C22H24N6O4. The van der Waals surface area contributed by atoms with Crippen LogP contribution in [0.1, 0.15) is 50.9 Å². The molecule has 3 N–H and O–H groups in total. The first-order chi connectivity index (χ1) is 15.3. The molecule has 1 aromatic heterocycles. The van der Waals surface area contributed by atoms with Crippen molar-refractivity contribution in [2.45, 2.75) is 37.4 Å². The number of nitrogens with one attached hydrogen (secondary N) is 1. The number of rotatable bonds is 4. The third-order valence-electron chi connectivity index (χ3n) is 6.54. The number of hydrogen-bond donors (Lipinski definition) is 2. The van der Waals surface area contributed by atoms with Crippen LogP contribution in [0.2, 0.25) is 0 Å². The predicted octanol–water partition coefficient (Wildman–Crippen LogP) is -0.252. The van der Waals surface area contributed by atoms with E-state index < -0.39 is 29.7 Å². The second-order valence-corrected chi connectivity index (χ2v) is 8.69. The van der Waals surface area contributed by atoms with Gasteiger partial charge in [0.25, 0.3) is 11.8 Å². The van der Waals surface area contributed by atoms with Gasteiger partial charge in [-0.25, -0.2) is 4.98 Å². The molecule has 0 spiro atoms. The first-order valence-corrected chi connectivity index (χ1v) is 10.6. The van der Waals surface area contributed by atoms with Crippen molar-refractivity contribution in [1.82, 2.24) is 24.7 Å². The monoisotopic (exact) mass is 436 g/mol. The molecule has 5 rings (SSSR count). The SMILES string of the molecule is Cn1ccnc1[C@@H]1CN(Cc2ccc3c(c2)C(=O)N(C2CCC(=O)NC2=O)C3=O)C[C@H]1N. The van der Waals surface area contributed by atoms with Crippen molar-refractivity contribution in [3.8, 4) is 0 Å². The number of likely N-dealkylation sites (tertiary alicyclic amines) is 1. The van der Waals surface area contributed by atoms with Crippen LogP contribution in [-0.2, 0) is 23.2 Å². The van der Waals surface area contributed by atoms with Gasteiger partial charge in [0.2, 0.25) is 11.8 Å². The summed E-state index contributed by atoms with van der Waals surface area (Å²) < 4.78 is 1.98. The van der Waals surface area contributed by atoms with Gasteiger partial charge in [-0.05, 0) is 24.1 Å². The molecular weight excluding hydrogens is 412 g/mol. The van der Waals surface area contributed by atoms with Gasteiger partial charge in [0.15, 0.2) is 0 Å². The number of imidazole rings is 1. The lowest BCUT2D eigenvalue weighted by Gasteiger charge is -2.27. The number of nitrogens with zero attached hydrogens (tertiary/aromatic N) is 4. The van der Waals surface area contributed by atoms with Gasteiger partial charge < -0.3 is 10.3 Å². The van der Waals surface area contributed by atoms with E-state index in [1.54, 1.807) is 18.3 Å². The van der Waals surface area contributed by atoms with Crippen molar-refractivity contribution in [2.24, 2.45) is 12.8 Å². The van der Waals surface area contributed by atoms with Gasteiger partial charge in [0, 0.05) is 57.5 Å². The molecule has 4 amide bonds. The first kappa shape index (κ1) is 20.5. The Kier molecular flexibility index (Phi) is 4.90. The van der Waals surface area contributed by atoms with E-state index in [1.807, 2.05) is 23.9 Å². The van der Waals surface area contributed by atoms with Crippen LogP contribution in [-0.4, -0.2) is 68.2 Å². The van der Waals surface area contributed by atoms with Crippen LogP contribution in [0.25, 0.3) is 0 Å². The summed E-state index contributed by atoms with van der Waals surface area (Å²) in [5, 5.41) is 2.21. The first-order valence-electron chi connectivity index (χ1n) is 10.6. The van der Waals surface area contributed by atoms with Gasteiger partial charge in [0.1, 0.15) is 11.9 Å². The average Bonchev–Trinajstić information content (AvgIpc) is 3.39. The fourth-order valence-electron chi connectivity index (χ4n) is 4.92. The van der Waals surface area contributed by atoms with Gasteiger partial charge in [-0.2, -0.15) is 0 Å². The number of nitrogens with two attached hydrogens (primary N) is 1. The Balaban J connectivity index is 1.33. The van der Waals surface area contributed by atoms with Crippen LogP contribution in [0.3, 0.4) is 0 Å². The predicted molar refractivity (Wildman–Crippen MR) is 112 cm³/mol. The maximum Gasteiger partial charge on any atom is 0.262 e. The Morgan fingerprint density at radius 2 is 1.91 bits per heavy atom. The molecule has 4 heterocycles. The van der Waals surface area contributed by atoms with E-state index in [1.165, 1.54) is 0 Å². The Labute approximate surface area is 184 Å². The van der Waals surface area contributed by atoms with Gasteiger partial charge in [-0.1, -0.05) is 6.07 Å². The lowest BCUT2D eigenvalue weighted by Crippen LogP contribution is -2.54. The molecule has 0 bridgehead atoms. The van der Waals surface area contributed by atoms with E-state index in [2.05, 4.69) is 15.2 Å². The number of amides is 4. The second-order valence-electron chi connectivity index (χ2n) is 8.69. The minimum atomic E-state index is -0.960. The fraction of sp³-hybridized carbons (Fsp3) is 0.409. The highest BCUT2D eigenvalue weighted by atomic mass is 16.2. The molecule has 1 aromatic carbocycles. The number of aromatic nitrogens is 2. The summed E-state index contributed by atoms with van der Waals surface area (Å²) in [5.41, 5.74) is 7.84. The zero-order valence-electron chi connectivity index (χ0n) is 17.7. The maximum absolute atomic E-state index is 13.0. The third kappa shape index (κ3) is 3.32. The molecule has 3 atom stereocenters. The number of benzene rings is 1. The van der Waals surface area contributed by atoms with Crippen molar-refractivity contribution in [1.29, 1.82) is 0 Å². The zero-order chi connectivity index (χ0) is 22.6. The summed E-state index contributed by atoms with van der Waals surface area (Å²) in [6.45, 7) is 2.03. The summed E-state index contributed by atoms with van der Waals surface area (Å²) >= 11 is 0. The van der Waals surface area contributed by atoms with Crippen LogP contribution in [0.5, 0.6) is 0 Å². The fourth-order valence-corrected chi connectivity index (χ4v) is 4.92. The number of fused-ring (bicyclic) bond motifs is 1. The van der Waals surface area contributed by atoms with Crippen molar-refractivity contribution < 1.29 is 19.2 Å². The minimum Gasteiger partial charge on any atom is -0.338 e. The molecule has 2 fully saturated rings. The molecule has 32 heavy (non-hydrogen) atoms. The summed E-state index contributed by atoms with van der Waals surface area (Å²) in [5.74, 6) is -0.917. The van der Waals surface area contributed by atoms with Gasteiger partial charge in [-0.15, -0.1) is 0 Å². The van der Waals surface area contributed by atoms with E-state index in [9.17, 15) is 19.2 Å². The largest absolute Gasteiger partial charge is 0.338 e. The van der Waals surface area contributed by atoms with Gasteiger partial charge in [-0.3, -0.25) is 34.3 Å². The lowest BCUT2D eigenvalue weighted by molar-refractivity contribution is -0.136. The summed E-state index contributed by atoms with van der Waals surface area (Å²) in [6.07, 6.45) is 3.91. The molecule has 10 nitrogen and oxygen atoms in total. The normalized spacial score (nSPS) is 26.1. The van der Waals surface area contributed by atoms with Crippen LogP contribution >= 0.6 is 0 Å². The molecule has 10 heteroatoms. The Hall–Kier alpha value is -3.37. The molecule has 0 aliphatic carbocycles. The maximum atomic E-state index is 13.0. The summed E-state index contributed by atoms with van der Waals surface area (Å²) in [4.78, 5) is 57.1. The van der Waals surface area contributed by atoms with E-state index in [0.29, 0.717) is 18.7 Å². The van der Waals surface area contributed by atoms with Gasteiger partial charge in [0.05, 0.1) is 11.1 Å². The Morgan fingerprint density at radius 1 is 1.12 bits per heavy atom. The lowest BCUT2D eigenvalue weighted by atomic mass is 10.0. The Morgan fingerprint density at radius 3 is 2.62 bits per heavy atom. The number of imide groups is 2. The van der Waals surface area contributed by atoms with Crippen molar-refractivity contribution >= 4 is 23.6 Å². The second kappa shape index (κ2) is 7.64. The number of carbonyl (C=O) groups is 4. The average molecular weight is 436 g/mol. The molecule has 166 valence electrons. The van der Waals surface area contributed by atoms with E-state index >= 15 is 0 Å². The summed E-state index contributed by atoms with van der Waals surface area (Å²) in [6, 6.07) is 4.19. The third-order valence-corrected chi connectivity index (χ3v) is 6.54. The number of hydrogen-bond acceptors (Lipinski definition) is 7. The highest BCUT2D eigenvalue weighted by molar-refractivity contribution is 6.23. The number of carbonyl (C=O) groups excluding carboxylic acids is 4. The molecule has 0 saturated carbocycles. The molecule has 3 aliphatic heterocycles. The molecule has 0 radical (unpaired) electrons. The highest BCUT2D eigenvalue weighted by Gasteiger charge is 2.44. The van der Waals surface area contributed by atoms with Crippen LogP contribution in [0, 0.1) is 0 Å². The smallest absolute Gasteiger partial charge is 0.262 e. The van der Waals surface area contributed by atoms with Crippen LogP contribution < -0.4 is 11.1 Å². The van der Waals surface area contributed by atoms with Crippen LogP contribution in [0.4, 0.5) is 0 Å². The van der Waals surface area contributed by atoms with Gasteiger partial charge >= 0.3 is 0 Å². The zero-order valence-corrected chi connectivity index (χ0v) is 17.7. The minimum absolute atomic E-state index is 0.0447. The standard InChI is InChI=1S/C22H24N6O4/c1-26-7-6-24-19(26)15-10-27(11-16(15)23)9-12-2-3-13-14(8-12)22(32)28(21(13)31)17-4-5-18(29)25-20(17)30/h2-3,6-8,15-17H,4-5,9-11,23H2,1H3,(H,25,29,30)/t15-,16-,17?/m1/s1. The Bertz CT molecular complexity index is 1140. The van der Waals surface area contributed by atoms with Crippen LogP contribution in [0.15, 0.2) is 30.6 Å². The van der Waals surface area contributed by atoms with Crippen molar-refractivity contribution in [3.63, 3.8) is 0 Å². The number of piperidine rings is 1. The molecule has 2 aromatic rings. The van der Waals surface area contributed by atoms with Crippen molar-refractivity contribution in [3.05, 3.63) is 53.1 Å². The molecule has 2 saturated heterocycles. The number of aryl methyl sites for hydroxylation is 1. The highest BCUT2D eigenvalue weighted by Crippen LogP contribution is 2.30. The quantitative estimate of drug-likeness (QED) is 0.632. The van der Waals surface area contributed by atoms with E-state index in [-0.39, 0.29) is 30.4 Å². The van der Waals surface area contributed by atoms with E-state index in [0.717, 1.165) is 22.8 Å². The molecule has 3 aliphatic rings. The van der Waals surface area contributed by atoms with Crippen molar-refractivity contribution in [2.75, 3.05) is 13.1 Å². The summed E-state index contributed by atoms with van der Waals surface area (Å²) in [7, 11) is 1.95. The molecule has 1 unspecified atom stereocenters. The topological polar surface area (TPSA) is 131 Å².